The normalized spacial score (nSPS) is 12.2. The predicted molar refractivity (Wildman–Crippen MR) is 113 cm³/mol. The van der Waals surface area contributed by atoms with Gasteiger partial charge in [-0.05, 0) is 43.7 Å². The highest BCUT2D eigenvalue weighted by molar-refractivity contribution is 6.31. The molecule has 0 aliphatic carbocycles. The monoisotopic (exact) mass is 415 g/mol. The zero-order chi connectivity index (χ0) is 21.1. The van der Waals surface area contributed by atoms with Gasteiger partial charge in [0.1, 0.15) is 11.6 Å². The summed E-state index contributed by atoms with van der Waals surface area (Å²) in [4.78, 5) is 32.2. The van der Waals surface area contributed by atoms with Crippen LogP contribution in [0.5, 0.6) is 0 Å². The second kappa shape index (κ2) is 8.74. The molecule has 1 aromatic heterocycles. The number of aromatic nitrogens is 2. The lowest BCUT2D eigenvalue weighted by atomic mass is 10.1. The topological polar surface area (TPSA) is 55.2 Å². The van der Waals surface area contributed by atoms with E-state index >= 15 is 0 Å². The van der Waals surface area contributed by atoms with Crippen molar-refractivity contribution in [2.45, 2.75) is 32.7 Å². The number of halogens is 2. The minimum Gasteiger partial charge on any atom is -0.329 e. The van der Waals surface area contributed by atoms with E-state index in [1.807, 2.05) is 6.92 Å². The lowest BCUT2D eigenvalue weighted by Crippen LogP contribution is -2.38. The van der Waals surface area contributed by atoms with Crippen LogP contribution >= 0.6 is 11.6 Å². The van der Waals surface area contributed by atoms with Gasteiger partial charge in [0.2, 0.25) is 0 Å². The minimum absolute atomic E-state index is 0.00743. The van der Waals surface area contributed by atoms with Crippen molar-refractivity contribution in [3.8, 4) is 0 Å². The molecule has 5 nitrogen and oxygen atoms in total. The zero-order valence-corrected chi connectivity index (χ0v) is 17.4. The van der Waals surface area contributed by atoms with Crippen molar-refractivity contribution >= 4 is 28.4 Å². The fourth-order valence-corrected chi connectivity index (χ4v) is 3.53. The third-order valence-electron chi connectivity index (χ3n) is 5.03. The van der Waals surface area contributed by atoms with E-state index in [1.54, 1.807) is 49.2 Å². The largest absolute Gasteiger partial charge is 0.329 e. The van der Waals surface area contributed by atoms with E-state index in [4.69, 9.17) is 11.6 Å². The quantitative estimate of drug-likeness (QED) is 0.584. The Hall–Kier alpha value is -2.73. The molecule has 0 aliphatic heterocycles. The molecule has 2 aromatic carbocycles. The number of rotatable bonds is 6. The first-order valence-electron chi connectivity index (χ1n) is 9.56. The minimum atomic E-state index is -0.568. The Morgan fingerprint density at radius 1 is 1.28 bits per heavy atom. The van der Waals surface area contributed by atoms with E-state index in [1.165, 1.54) is 16.7 Å². The number of hydrogen-bond acceptors (Lipinski definition) is 3. The summed E-state index contributed by atoms with van der Waals surface area (Å²) in [5.41, 5.74) is 0.272. The Balaban J connectivity index is 2.08. The Bertz CT molecular complexity index is 1110. The molecule has 0 radical (unpaired) electrons. The van der Waals surface area contributed by atoms with Crippen LogP contribution in [0.1, 0.15) is 48.9 Å². The number of nitrogens with zero attached hydrogens (tertiary/aromatic N) is 3. The molecule has 0 spiro atoms. The molecule has 1 amide bonds. The Kier molecular flexibility index (Phi) is 6.33. The number of carbonyl (C=O) groups excluding carboxylic acids is 1. The number of fused-ring (bicyclic) bond motifs is 1. The van der Waals surface area contributed by atoms with Crippen molar-refractivity contribution in [1.29, 1.82) is 0 Å². The van der Waals surface area contributed by atoms with Crippen molar-refractivity contribution < 1.29 is 9.18 Å². The fraction of sp³-hybridized carbons (Fsp3) is 0.318. The Morgan fingerprint density at radius 2 is 2.00 bits per heavy atom. The van der Waals surface area contributed by atoms with Crippen molar-refractivity contribution in [1.82, 2.24) is 14.5 Å². The standard InChI is InChI=1S/C22H23ClFN3O2/c1-4-5-12-27(22(29)16-8-6-7-9-18(16)24)14(2)20-25-19-11-10-15(23)13-17(19)21(28)26(20)3/h6-11,13-14H,4-5,12H2,1-3H3. The molecule has 1 atom stereocenters. The van der Waals surface area contributed by atoms with Crippen LogP contribution in [0.4, 0.5) is 4.39 Å². The smallest absolute Gasteiger partial charge is 0.261 e. The maximum absolute atomic E-state index is 14.2. The van der Waals surface area contributed by atoms with E-state index < -0.39 is 17.8 Å². The molecule has 0 saturated heterocycles. The van der Waals surface area contributed by atoms with Gasteiger partial charge in [0, 0.05) is 18.6 Å². The molecule has 29 heavy (non-hydrogen) atoms. The third-order valence-corrected chi connectivity index (χ3v) is 5.27. The third kappa shape index (κ3) is 4.17. The molecule has 152 valence electrons. The van der Waals surface area contributed by atoms with Gasteiger partial charge >= 0.3 is 0 Å². The van der Waals surface area contributed by atoms with E-state index in [0.29, 0.717) is 28.3 Å². The van der Waals surface area contributed by atoms with E-state index in [0.717, 1.165) is 12.8 Å². The Morgan fingerprint density at radius 3 is 2.69 bits per heavy atom. The molecule has 0 bridgehead atoms. The van der Waals surface area contributed by atoms with Gasteiger partial charge in [-0.3, -0.25) is 14.2 Å². The van der Waals surface area contributed by atoms with Gasteiger partial charge < -0.3 is 4.90 Å². The number of benzene rings is 2. The van der Waals surface area contributed by atoms with Gasteiger partial charge in [0.05, 0.1) is 22.5 Å². The highest BCUT2D eigenvalue weighted by Gasteiger charge is 2.27. The second-order valence-electron chi connectivity index (χ2n) is 7.00. The molecule has 3 aromatic rings. The molecule has 1 unspecified atom stereocenters. The number of hydrogen-bond donors (Lipinski definition) is 0. The number of unbranched alkanes of at least 4 members (excludes halogenated alkanes) is 1. The summed E-state index contributed by atoms with van der Waals surface area (Å²) in [5.74, 6) is -0.554. The van der Waals surface area contributed by atoms with Crippen LogP contribution in [0.25, 0.3) is 10.9 Å². The van der Waals surface area contributed by atoms with Crippen LogP contribution in [0.2, 0.25) is 5.02 Å². The van der Waals surface area contributed by atoms with Crippen LogP contribution < -0.4 is 5.56 Å². The van der Waals surface area contributed by atoms with E-state index in [-0.39, 0.29) is 11.1 Å². The maximum atomic E-state index is 14.2. The predicted octanol–water partition coefficient (Wildman–Crippen LogP) is 4.73. The second-order valence-corrected chi connectivity index (χ2v) is 7.44. The first-order valence-corrected chi connectivity index (χ1v) is 9.94. The van der Waals surface area contributed by atoms with Gasteiger partial charge in [-0.15, -0.1) is 0 Å². The lowest BCUT2D eigenvalue weighted by molar-refractivity contribution is 0.0672. The van der Waals surface area contributed by atoms with Gasteiger partial charge in [0.15, 0.2) is 0 Å². The number of carbonyl (C=O) groups is 1. The summed E-state index contributed by atoms with van der Waals surface area (Å²) in [6.45, 7) is 4.25. The van der Waals surface area contributed by atoms with Crippen LogP contribution in [0.15, 0.2) is 47.3 Å². The van der Waals surface area contributed by atoms with Crippen LogP contribution in [0.3, 0.4) is 0 Å². The lowest BCUT2D eigenvalue weighted by Gasteiger charge is -2.30. The van der Waals surface area contributed by atoms with E-state index in [2.05, 4.69) is 4.98 Å². The maximum Gasteiger partial charge on any atom is 0.261 e. The average Bonchev–Trinajstić information content (AvgIpc) is 2.71. The molecular weight excluding hydrogens is 393 g/mol. The van der Waals surface area contributed by atoms with Crippen LogP contribution in [-0.2, 0) is 7.05 Å². The summed E-state index contributed by atoms with van der Waals surface area (Å²) in [5, 5.41) is 0.869. The van der Waals surface area contributed by atoms with Crippen molar-refractivity contribution in [3.05, 3.63) is 75.0 Å². The fourth-order valence-electron chi connectivity index (χ4n) is 3.36. The first-order chi connectivity index (χ1) is 13.8. The highest BCUT2D eigenvalue weighted by Crippen LogP contribution is 2.24. The average molecular weight is 416 g/mol. The molecule has 0 fully saturated rings. The highest BCUT2D eigenvalue weighted by atomic mass is 35.5. The zero-order valence-electron chi connectivity index (χ0n) is 16.7. The summed E-state index contributed by atoms with van der Waals surface area (Å²) < 4.78 is 15.7. The summed E-state index contributed by atoms with van der Waals surface area (Å²) in [6, 6.07) is 10.3. The van der Waals surface area contributed by atoms with Gasteiger partial charge in [-0.1, -0.05) is 37.1 Å². The summed E-state index contributed by atoms with van der Waals surface area (Å²) in [6.07, 6.45) is 1.62. The van der Waals surface area contributed by atoms with Crippen molar-refractivity contribution in [3.63, 3.8) is 0 Å². The molecule has 0 aliphatic rings. The molecule has 3 rings (SSSR count). The van der Waals surface area contributed by atoms with Crippen LogP contribution in [0, 0.1) is 5.82 Å². The first kappa shape index (κ1) is 21.0. The molecule has 1 heterocycles. The van der Waals surface area contributed by atoms with Crippen molar-refractivity contribution in [2.24, 2.45) is 7.05 Å². The molecule has 0 saturated carbocycles. The molecule has 7 heteroatoms. The Labute approximate surface area is 173 Å². The van der Waals surface area contributed by atoms with Gasteiger partial charge in [0.25, 0.3) is 11.5 Å². The van der Waals surface area contributed by atoms with E-state index in [9.17, 15) is 14.0 Å². The van der Waals surface area contributed by atoms with Crippen LogP contribution in [-0.4, -0.2) is 26.9 Å². The number of amides is 1. The van der Waals surface area contributed by atoms with Crippen molar-refractivity contribution in [2.75, 3.05) is 6.54 Å². The summed E-state index contributed by atoms with van der Waals surface area (Å²) >= 11 is 6.01. The van der Waals surface area contributed by atoms with Gasteiger partial charge in [-0.25, -0.2) is 9.37 Å². The summed E-state index contributed by atoms with van der Waals surface area (Å²) in [7, 11) is 1.62. The molecule has 0 N–H and O–H groups in total. The van der Waals surface area contributed by atoms with Gasteiger partial charge in [-0.2, -0.15) is 0 Å². The molecular formula is C22H23ClFN3O2. The SMILES string of the molecule is CCCCN(C(=O)c1ccccc1F)C(C)c1nc2ccc(Cl)cc2c(=O)n1C.